The normalized spacial score (nSPS) is 13.3. The summed E-state index contributed by atoms with van der Waals surface area (Å²) >= 11 is 0. The summed E-state index contributed by atoms with van der Waals surface area (Å²) in [6.07, 6.45) is 3.00. The van der Waals surface area contributed by atoms with Crippen LogP contribution in [-0.2, 0) is 7.05 Å². The van der Waals surface area contributed by atoms with E-state index in [2.05, 4.69) is 49.0 Å². The van der Waals surface area contributed by atoms with Crippen molar-refractivity contribution < 1.29 is 5.11 Å². The highest BCUT2D eigenvalue weighted by atomic mass is 16.3. The van der Waals surface area contributed by atoms with E-state index in [0.29, 0.717) is 5.92 Å². The van der Waals surface area contributed by atoms with Gasteiger partial charge in [0.1, 0.15) is 0 Å². The first-order valence-corrected chi connectivity index (χ1v) is 5.39. The fourth-order valence-corrected chi connectivity index (χ4v) is 2.11. The molecule has 0 unspecified atom stereocenters. The molecule has 0 fully saturated rings. The molecule has 0 aliphatic carbocycles. The molecule has 0 bridgehead atoms. The van der Waals surface area contributed by atoms with E-state index in [0.717, 1.165) is 6.42 Å². The first-order chi connectivity index (χ1) is 7.24. The van der Waals surface area contributed by atoms with Crippen LogP contribution < -0.4 is 0 Å². The molecule has 0 aliphatic rings. The summed E-state index contributed by atoms with van der Waals surface area (Å²) in [4.78, 5) is 0. The van der Waals surface area contributed by atoms with Gasteiger partial charge in [-0.2, -0.15) is 0 Å². The number of rotatable bonds is 3. The minimum Gasteiger partial charge on any atom is -0.396 e. The van der Waals surface area contributed by atoms with Gasteiger partial charge < -0.3 is 9.67 Å². The minimum absolute atomic E-state index is 0.254. The first-order valence-electron chi connectivity index (χ1n) is 5.39. The van der Waals surface area contributed by atoms with Crippen molar-refractivity contribution in [2.75, 3.05) is 6.61 Å². The Kier molecular flexibility index (Phi) is 2.78. The Balaban J connectivity index is 2.52. The van der Waals surface area contributed by atoms with Crippen LogP contribution >= 0.6 is 0 Å². The lowest BCUT2D eigenvalue weighted by molar-refractivity contribution is 0.279. The molecule has 0 aliphatic heterocycles. The maximum atomic E-state index is 8.97. The molecular formula is C13H17NO. The Hall–Kier alpha value is -1.28. The van der Waals surface area contributed by atoms with Crippen molar-refractivity contribution in [3.05, 3.63) is 36.0 Å². The maximum Gasteiger partial charge on any atom is 0.0480 e. The summed E-state index contributed by atoms with van der Waals surface area (Å²) in [6.45, 7) is 2.42. The molecule has 1 aromatic carbocycles. The molecule has 0 saturated carbocycles. The molecule has 1 aromatic heterocycles. The van der Waals surface area contributed by atoms with Gasteiger partial charge in [-0.15, -0.1) is 0 Å². The van der Waals surface area contributed by atoms with Gasteiger partial charge in [-0.3, -0.25) is 0 Å². The molecular weight excluding hydrogens is 186 g/mol. The number of para-hydroxylation sites is 1. The maximum absolute atomic E-state index is 8.97. The topological polar surface area (TPSA) is 25.2 Å². The van der Waals surface area contributed by atoms with Gasteiger partial charge in [-0.25, -0.2) is 0 Å². The van der Waals surface area contributed by atoms with Crippen molar-refractivity contribution >= 4 is 10.9 Å². The fourth-order valence-electron chi connectivity index (χ4n) is 2.11. The van der Waals surface area contributed by atoms with E-state index in [4.69, 9.17) is 5.11 Å². The van der Waals surface area contributed by atoms with E-state index in [1.165, 1.54) is 16.5 Å². The van der Waals surface area contributed by atoms with Gasteiger partial charge in [0.2, 0.25) is 0 Å². The van der Waals surface area contributed by atoms with Gasteiger partial charge in [0, 0.05) is 30.8 Å². The summed E-state index contributed by atoms with van der Waals surface area (Å²) in [7, 11) is 2.07. The van der Waals surface area contributed by atoms with Gasteiger partial charge >= 0.3 is 0 Å². The van der Waals surface area contributed by atoms with Crippen LogP contribution in [0.2, 0.25) is 0 Å². The highest BCUT2D eigenvalue weighted by Gasteiger charge is 2.11. The largest absolute Gasteiger partial charge is 0.396 e. The van der Waals surface area contributed by atoms with Gasteiger partial charge in [0.25, 0.3) is 0 Å². The Morgan fingerprint density at radius 1 is 1.33 bits per heavy atom. The van der Waals surface area contributed by atoms with E-state index < -0.39 is 0 Å². The predicted molar refractivity (Wildman–Crippen MR) is 63.0 cm³/mol. The lowest BCUT2D eigenvalue weighted by atomic mass is 9.98. The molecule has 0 spiro atoms. The van der Waals surface area contributed by atoms with E-state index in [9.17, 15) is 0 Å². The lowest BCUT2D eigenvalue weighted by Crippen LogP contribution is -1.95. The van der Waals surface area contributed by atoms with Crippen molar-refractivity contribution in [1.29, 1.82) is 0 Å². The quantitative estimate of drug-likeness (QED) is 0.815. The molecule has 1 heterocycles. The highest BCUT2D eigenvalue weighted by molar-refractivity contribution is 5.84. The lowest BCUT2D eigenvalue weighted by Gasteiger charge is -2.07. The Bertz CT molecular complexity index is 459. The first kappa shape index (κ1) is 10.2. The third-order valence-corrected chi connectivity index (χ3v) is 3.02. The second-order valence-corrected chi connectivity index (χ2v) is 4.13. The van der Waals surface area contributed by atoms with Crippen molar-refractivity contribution in [3.63, 3.8) is 0 Å². The van der Waals surface area contributed by atoms with Gasteiger partial charge in [0.15, 0.2) is 0 Å². The van der Waals surface area contributed by atoms with Crippen molar-refractivity contribution in [3.8, 4) is 0 Å². The summed E-state index contributed by atoms with van der Waals surface area (Å²) in [5, 5.41) is 10.3. The van der Waals surface area contributed by atoms with Crippen LogP contribution in [-0.4, -0.2) is 16.3 Å². The van der Waals surface area contributed by atoms with Gasteiger partial charge in [0.05, 0.1) is 0 Å². The standard InChI is InChI=1S/C13H17NO/c1-10(7-8-15)12-9-14(2)13-6-4-3-5-11(12)13/h3-6,9-10,15H,7-8H2,1-2H3/t10-/m0/s1. The summed E-state index contributed by atoms with van der Waals surface area (Å²) in [5.74, 6) is 0.418. The molecule has 1 N–H and O–H groups in total. The van der Waals surface area contributed by atoms with Crippen molar-refractivity contribution in [2.45, 2.75) is 19.3 Å². The molecule has 15 heavy (non-hydrogen) atoms. The van der Waals surface area contributed by atoms with Crippen LogP contribution in [0.3, 0.4) is 0 Å². The summed E-state index contributed by atoms with van der Waals surface area (Å²) in [5.41, 5.74) is 2.60. The number of aryl methyl sites for hydroxylation is 1. The third kappa shape index (κ3) is 1.77. The molecule has 1 atom stereocenters. The number of aromatic nitrogens is 1. The zero-order chi connectivity index (χ0) is 10.8. The zero-order valence-corrected chi connectivity index (χ0v) is 9.27. The minimum atomic E-state index is 0.254. The average Bonchev–Trinajstić information content (AvgIpc) is 2.58. The highest BCUT2D eigenvalue weighted by Crippen LogP contribution is 2.28. The van der Waals surface area contributed by atoms with Crippen LogP contribution in [0, 0.1) is 0 Å². The Labute approximate surface area is 90.2 Å². The predicted octanol–water partition coefficient (Wildman–Crippen LogP) is 2.66. The van der Waals surface area contributed by atoms with Crippen LogP contribution in [0.1, 0.15) is 24.8 Å². The van der Waals surface area contributed by atoms with Crippen LogP contribution in [0.5, 0.6) is 0 Å². The molecule has 0 radical (unpaired) electrons. The number of hydrogen-bond donors (Lipinski definition) is 1. The number of nitrogens with zero attached hydrogens (tertiary/aromatic N) is 1. The summed E-state index contributed by atoms with van der Waals surface area (Å²) in [6, 6.07) is 8.41. The number of benzene rings is 1. The van der Waals surface area contributed by atoms with Crippen LogP contribution in [0.4, 0.5) is 0 Å². The van der Waals surface area contributed by atoms with Crippen molar-refractivity contribution in [2.24, 2.45) is 7.05 Å². The number of aliphatic hydroxyl groups is 1. The van der Waals surface area contributed by atoms with Crippen molar-refractivity contribution in [1.82, 2.24) is 4.57 Å². The van der Waals surface area contributed by atoms with E-state index >= 15 is 0 Å². The monoisotopic (exact) mass is 203 g/mol. The average molecular weight is 203 g/mol. The second kappa shape index (κ2) is 4.07. The molecule has 2 heteroatoms. The SMILES string of the molecule is C[C@@H](CCO)c1cn(C)c2ccccc12. The smallest absolute Gasteiger partial charge is 0.0480 e. The summed E-state index contributed by atoms with van der Waals surface area (Å²) < 4.78 is 2.15. The van der Waals surface area contributed by atoms with E-state index in [1.54, 1.807) is 0 Å². The molecule has 0 saturated heterocycles. The molecule has 2 aromatic rings. The fraction of sp³-hybridized carbons (Fsp3) is 0.385. The van der Waals surface area contributed by atoms with Gasteiger partial charge in [-0.1, -0.05) is 25.1 Å². The van der Waals surface area contributed by atoms with E-state index in [1.807, 2.05) is 0 Å². The zero-order valence-electron chi connectivity index (χ0n) is 9.27. The van der Waals surface area contributed by atoms with Gasteiger partial charge in [-0.05, 0) is 24.0 Å². The number of aliphatic hydroxyl groups excluding tert-OH is 1. The second-order valence-electron chi connectivity index (χ2n) is 4.13. The Morgan fingerprint density at radius 2 is 2.07 bits per heavy atom. The Morgan fingerprint density at radius 3 is 2.80 bits per heavy atom. The molecule has 80 valence electrons. The van der Waals surface area contributed by atoms with Crippen LogP contribution in [0.25, 0.3) is 10.9 Å². The number of hydrogen-bond acceptors (Lipinski definition) is 1. The molecule has 0 amide bonds. The van der Waals surface area contributed by atoms with E-state index in [-0.39, 0.29) is 6.61 Å². The number of fused-ring (bicyclic) bond motifs is 1. The molecule has 2 rings (SSSR count). The third-order valence-electron chi connectivity index (χ3n) is 3.02. The molecule has 2 nitrogen and oxygen atoms in total. The van der Waals surface area contributed by atoms with Crippen LogP contribution in [0.15, 0.2) is 30.5 Å².